The Balaban J connectivity index is 2.23. The topological polar surface area (TPSA) is 24.5 Å². The maximum Gasteiger partial charge on any atom is 0.0929 e. The zero-order valence-corrected chi connectivity index (χ0v) is 7.63. The Bertz CT molecular complexity index is 117. The molecule has 0 aromatic rings. The van der Waals surface area contributed by atoms with Gasteiger partial charge in [0.1, 0.15) is 0 Å². The van der Waals surface area contributed by atoms with Gasteiger partial charge in [0.2, 0.25) is 0 Å². The normalized spacial score (nSPS) is 26.7. The van der Waals surface area contributed by atoms with E-state index >= 15 is 0 Å². The summed E-state index contributed by atoms with van der Waals surface area (Å²) in [7, 11) is 1.82. The molecule has 0 aliphatic carbocycles. The molecule has 1 atom stereocenters. The molecule has 0 amide bonds. The van der Waals surface area contributed by atoms with Crippen molar-refractivity contribution in [2.24, 2.45) is 0 Å². The van der Waals surface area contributed by atoms with Gasteiger partial charge in [0, 0.05) is 26.2 Å². The van der Waals surface area contributed by atoms with Gasteiger partial charge < -0.3 is 0 Å². The first kappa shape index (κ1) is 8.97. The minimum Gasteiger partial charge on any atom is -0.298 e. The average Bonchev–Trinajstić information content (AvgIpc) is 2.37. The number of rotatable bonds is 3. The highest BCUT2D eigenvalue weighted by Crippen LogP contribution is 2.13. The summed E-state index contributed by atoms with van der Waals surface area (Å²) in [5.41, 5.74) is 2.74. The second kappa shape index (κ2) is 4.04. The van der Waals surface area contributed by atoms with Crippen molar-refractivity contribution < 1.29 is 4.84 Å². The summed E-state index contributed by atoms with van der Waals surface area (Å²) < 4.78 is 0. The molecule has 0 aromatic carbocycles. The van der Waals surface area contributed by atoms with Crippen LogP contribution in [0.4, 0.5) is 0 Å². The standard InChI is InChI=1S/C8H18N2O/c1-7(2)10-5-4-8(6-10)11-9-3/h7-9H,4-6H2,1-3H3. The zero-order chi connectivity index (χ0) is 8.27. The molecule has 0 bridgehead atoms. The Morgan fingerprint density at radius 1 is 1.55 bits per heavy atom. The van der Waals surface area contributed by atoms with E-state index in [1.807, 2.05) is 7.05 Å². The van der Waals surface area contributed by atoms with Crippen LogP contribution in [0.25, 0.3) is 0 Å². The van der Waals surface area contributed by atoms with Crippen LogP contribution in [0.5, 0.6) is 0 Å². The van der Waals surface area contributed by atoms with Gasteiger partial charge in [0.05, 0.1) is 6.10 Å². The first-order chi connectivity index (χ1) is 5.24. The van der Waals surface area contributed by atoms with Gasteiger partial charge in [-0.15, -0.1) is 0 Å². The summed E-state index contributed by atoms with van der Waals surface area (Å²) in [6.07, 6.45) is 1.54. The largest absolute Gasteiger partial charge is 0.298 e. The Labute approximate surface area is 68.7 Å². The van der Waals surface area contributed by atoms with E-state index in [9.17, 15) is 0 Å². The van der Waals surface area contributed by atoms with E-state index in [0.29, 0.717) is 12.1 Å². The molecule has 1 unspecified atom stereocenters. The fourth-order valence-electron chi connectivity index (χ4n) is 1.49. The number of nitrogens with zero attached hydrogens (tertiary/aromatic N) is 1. The van der Waals surface area contributed by atoms with E-state index in [-0.39, 0.29) is 0 Å². The van der Waals surface area contributed by atoms with Crippen molar-refractivity contribution in [3.8, 4) is 0 Å². The molecular weight excluding hydrogens is 140 g/mol. The molecule has 0 saturated carbocycles. The van der Waals surface area contributed by atoms with Crippen molar-refractivity contribution in [3.63, 3.8) is 0 Å². The molecule has 11 heavy (non-hydrogen) atoms. The maximum absolute atomic E-state index is 5.29. The fraction of sp³-hybridized carbons (Fsp3) is 1.00. The van der Waals surface area contributed by atoms with Crippen molar-refractivity contribution in [2.45, 2.75) is 32.4 Å². The Hall–Kier alpha value is -0.120. The lowest BCUT2D eigenvalue weighted by atomic mass is 10.3. The Kier molecular flexibility index (Phi) is 3.30. The second-order valence-corrected chi connectivity index (χ2v) is 3.32. The number of hydrogen-bond donors (Lipinski definition) is 1. The summed E-state index contributed by atoms with van der Waals surface area (Å²) in [5, 5.41) is 0. The van der Waals surface area contributed by atoms with E-state index in [0.717, 1.165) is 13.0 Å². The maximum atomic E-state index is 5.29. The van der Waals surface area contributed by atoms with Crippen LogP contribution in [0.1, 0.15) is 20.3 Å². The van der Waals surface area contributed by atoms with E-state index in [1.54, 1.807) is 0 Å². The van der Waals surface area contributed by atoms with Crippen LogP contribution in [0.3, 0.4) is 0 Å². The first-order valence-corrected chi connectivity index (χ1v) is 4.30. The summed E-state index contributed by atoms with van der Waals surface area (Å²) in [6.45, 7) is 6.69. The highest BCUT2D eigenvalue weighted by atomic mass is 16.7. The van der Waals surface area contributed by atoms with E-state index in [4.69, 9.17) is 4.84 Å². The van der Waals surface area contributed by atoms with Crippen LogP contribution in [-0.4, -0.2) is 37.2 Å². The lowest BCUT2D eigenvalue weighted by Crippen LogP contribution is -2.31. The molecular formula is C8H18N2O. The molecule has 1 N–H and O–H groups in total. The third-order valence-electron chi connectivity index (χ3n) is 2.19. The third-order valence-corrected chi connectivity index (χ3v) is 2.19. The van der Waals surface area contributed by atoms with Crippen LogP contribution in [-0.2, 0) is 4.84 Å². The fourth-order valence-corrected chi connectivity index (χ4v) is 1.49. The summed E-state index contributed by atoms with van der Waals surface area (Å²) in [5.74, 6) is 0. The number of nitrogens with one attached hydrogen (secondary N) is 1. The molecule has 1 heterocycles. The van der Waals surface area contributed by atoms with Gasteiger partial charge in [0.25, 0.3) is 0 Å². The molecule has 0 radical (unpaired) electrons. The van der Waals surface area contributed by atoms with Gasteiger partial charge >= 0.3 is 0 Å². The lowest BCUT2D eigenvalue weighted by molar-refractivity contribution is -0.00689. The van der Waals surface area contributed by atoms with Crippen molar-refractivity contribution in [2.75, 3.05) is 20.1 Å². The van der Waals surface area contributed by atoms with Gasteiger partial charge in [0.15, 0.2) is 0 Å². The predicted octanol–water partition coefficient (Wildman–Crippen LogP) is 0.620. The van der Waals surface area contributed by atoms with E-state index in [1.165, 1.54) is 6.54 Å². The van der Waals surface area contributed by atoms with Crippen LogP contribution < -0.4 is 5.48 Å². The zero-order valence-electron chi connectivity index (χ0n) is 7.63. The van der Waals surface area contributed by atoms with Gasteiger partial charge in [-0.3, -0.25) is 9.74 Å². The Morgan fingerprint density at radius 2 is 2.27 bits per heavy atom. The van der Waals surface area contributed by atoms with Crippen LogP contribution in [0.2, 0.25) is 0 Å². The van der Waals surface area contributed by atoms with Crippen molar-refractivity contribution in [3.05, 3.63) is 0 Å². The summed E-state index contributed by atoms with van der Waals surface area (Å²) in [6, 6.07) is 0.653. The highest BCUT2D eigenvalue weighted by molar-refractivity contribution is 4.77. The predicted molar refractivity (Wildman–Crippen MR) is 45.3 cm³/mol. The second-order valence-electron chi connectivity index (χ2n) is 3.32. The number of hydrogen-bond acceptors (Lipinski definition) is 3. The molecule has 3 heteroatoms. The summed E-state index contributed by atoms with van der Waals surface area (Å²) in [4.78, 5) is 7.72. The molecule has 1 aliphatic heterocycles. The minimum absolute atomic E-state index is 0.391. The molecule has 0 spiro atoms. The first-order valence-electron chi connectivity index (χ1n) is 4.30. The quantitative estimate of drug-likeness (QED) is 0.609. The van der Waals surface area contributed by atoms with Gasteiger partial charge in [-0.25, -0.2) is 5.48 Å². The van der Waals surface area contributed by atoms with Gasteiger partial charge in [-0.1, -0.05) is 0 Å². The van der Waals surface area contributed by atoms with Gasteiger partial charge in [-0.05, 0) is 20.3 Å². The van der Waals surface area contributed by atoms with E-state index < -0.39 is 0 Å². The number of likely N-dealkylation sites (tertiary alicyclic amines) is 1. The molecule has 1 aliphatic rings. The molecule has 0 aromatic heterocycles. The van der Waals surface area contributed by atoms with Crippen molar-refractivity contribution >= 4 is 0 Å². The smallest absolute Gasteiger partial charge is 0.0929 e. The molecule has 1 fully saturated rings. The monoisotopic (exact) mass is 158 g/mol. The van der Waals surface area contributed by atoms with Crippen LogP contribution in [0, 0.1) is 0 Å². The molecule has 1 rings (SSSR count). The molecule has 3 nitrogen and oxygen atoms in total. The average molecular weight is 158 g/mol. The van der Waals surface area contributed by atoms with Crippen LogP contribution >= 0.6 is 0 Å². The minimum atomic E-state index is 0.391. The SMILES string of the molecule is CNOC1CCN(C(C)C)C1. The van der Waals surface area contributed by atoms with Crippen molar-refractivity contribution in [1.82, 2.24) is 10.4 Å². The summed E-state index contributed by atoms with van der Waals surface area (Å²) >= 11 is 0. The third kappa shape index (κ3) is 2.43. The lowest BCUT2D eigenvalue weighted by Gasteiger charge is -2.19. The molecule has 66 valence electrons. The highest BCUT2D eigenvalue weighted by Gasteiger charge is 2.24. The van der Waals surface area contributed by atoms with Gasteiger partial charge in [-0.2, -0.15) is 0 Å². The van der Waals surface area contributed by atoms with E-state index in [2.05, 4.69) is 24.2 Å². The number of hydroxylamine groups is 1. The van der Waals surface area contributed by atoms with Crippen LogP contribution in [0.15, 0.2) is 0 Å². The molecule has 1 saturated heterocycles. The van der Waals surface area contributed by atoms with Crippen molar-refractivity contribution in [1.29, 1.82) is 0 Å². The Morgan fingerprint density at radius 3 is 2.73 bits per heavy atom.